The first-order chi connectivity index (χ1) is 14.8. The van der Waals surface area contributed by atoms with Gasteiger partial charge in [0.05, 0.1) is 16.9 Å². The maximum atomic E-state index is 4.94. The fourth-order valence-corrected chi connectivity index (χ4v) is 4.26. The quantitative estimate of drug-likeness (QED) is 0.477. The van der Waals surface area contributed by atoms with Crippen LogP contribution in [0.15, 0.2) is 55.1 Å². The van der Waals surface area contributed by atoms with E-state index in [1.165, 1.54) is 31.5 Å². The third kappa shape index (κ3) is 3.04. The lowest BCUT2D eigenvalue weighted by Gasteiger charge is -2.14. The van der Waals surface area contributed by atoms with Gasteiger partial charge in [0.1, 0.15) is 11.2 Å². The highest BCUT2D eigenvalue weighted by molar-refractivity contribution is 5.94. The van der Waals surface area contributed by atoms with E-state index in [2.05, 4.69) is 42.2 Å². The summed E-state index contributed by atoms with van der Waals surface area (Å²) in [4.78, 5) is 19.5. The molecule has 1 fully saturated rings. The van der Waals surface area contributed by atoms with Gasteiger partial charge in [-0.25, -0.2) is 4.98 Å². The molecular formula is C23H21N7. The van der Waals surface area contributed by atoms with Crippen LogP contribution in [0.4, 0.5) is 0 Å². The molecule has 0 bridgehead atoms. The van der Waals surface area contributed by atoms with Gasteiger partial charge in [-0.05, 0) is 61.8 Å². The van der Waals surface area contributed by atoms with Crippen molar-refractivity contribution in [2.75, 3.05) is 13.1 Å². The zero-order chi connectivity index (χ0) is 19.9. The van der Waals surface area contributed by atoms with Crippen LogP contribution in [-0.4, -0.2) is 48.1 Å². The minimum absolute atomic E-state index is 0.809. The average molecular weight is 395 g/mol. The van der Waals surface area contributed by atoms with E-state index in [4.69, 9.17) is 4.98 Å². The molecule has 0 amide bonds. The van der Waals surface area contributed by atoms with E-state index in [9.17, 15) is 0 Å². The van der Waals surface area contributed by atoms with Crippen molar-refractivity contribution in [2.24, 2.45) is 0 Å². The van der Waals surface area contributed by atoms with Crippen LogP contribution < -0.4 is 0 Å². The van der Waals surface area contributed by atoms with E-state index in [1.54, 1.807) is 6.20 Å². The first kappa shape index (κ1) is 17.3. The standard InChI is InChI=1S/C23H21N7/c1-2-8-30(7-1)14-15-9-16(13-25-11-15)18-3-4-20-22(27-18)23(29-28-20)21-10-17-12-24-6-5-19(17)26-21/h3-6,9-13,26H,1-2,7-8,14H2,(H,28,29). The van der Waals surface area contributed by atoms with Gasteiger partial charge in [-0.2, -0.15) is 5.10 Å². The van der Waals surface area contributed by atoms with E-state index in [-0.39, 0.29) is 0 Å². The van der Waals surface area contributed by atoms with Crippen molar-refractivity contribution in [3.8, 4) is 22.6 Å². The fraction of sp³-hybridized carbons (Fsp3) is 0.217. The molecule has 1 saturated heterocycles. The van der Waals surface area contributed by atoms with E-state index in [1.807, 2.05) is 36.8 Å². The van der Waals surface area contributed by atoms with Gasteiger partial charge in [0.2, 0.25) is 0 Å². The van der Waals surface area contributed by atoms with Crippen molar-refractivity contribution >= 4 is 21.9 Å². The highest BCUT2D eigenvalue weighted by atomic mass is 15.1. The Morgan fingerprint density at radius 3 is 2.77 bits per heavy atom. The first-order valence-electron chi connectivity index (χ1n) is 10.3. The van der Waals surface area contributed by atoms with Crippen LogP contribution in [0.5, 0.6) is 0 Å². The normalized spacial score (nSPS) is 14.8. The molecule has 0 aliphatic carbocycles. The van der Waals surface area contributed by atoms with Gasteiger partial charge in [0, 0.05) is 47.8 Å². The molecule has 0 saturated carbocycles. The lowest BCUT2D eigenvalue weighted by molar-refractivity contribution is 0.331. The Bertz CT molecular complexity index is 1310. The maximum Gasteiger partial charge on any atom is 0.135 e. The lowest BCUT2D eigenvalue weighted by atomic mass is 10.1. The van der Waals surface area contributed by atoms with E-state index in [0.717, 1.165) is 51.1 Å². The molecule has 30 heavy (non-hydrogen) atoms. The molecule has 7 heteroatoms. The number of pyridine rings is 3. The number of hydrogen-bond acceptors (Lipinski definition) is 5. The molecule has 148 valence electrons. The molecule has 1 aliphatic rings. The maximum absolute atomic E-state index is 4.94. The minimum atomic E-state index is 0.809. The average Bonchev–Trinajstić information content (AvgIpc) is 3.52. The topological polar surface area (TPSA) is 86.4 Å². The molecular weight excluding hydrogens is 374 g/mol. The molecule has 6 rings (SSSR count). The highest BCUT2D eigenvalue weighted by Crippen LogP contribution is 2.29. The van der Waals surface area contributed by atoms with Crippen molar-refractivity contribution in [2.45, 2.75) is 19.4 Å². The Morgan fingerprint density at radius 1 is 0.933 bits per heavy atom. The number of nitrogens with zero attached hydrogens (tertiary/aromatic N) is 5. The van der Waals surface area contributed by atoms with Crippen molar-refractivity contribution < 1.29 is 0 Å². The van der Waals surface area contributed by atoms with E-state index < -0.39 is 0 Å². The zero-order valence-electron chi connectivity index (χ0n) is 16.5. The summed E-state index contributed by atoms with van der Waals surface area (Å²) < 4.78 is 0. The molecule has 5 aromatic rings. The van der Waals surface area contributed by atoms with Gasteiger partial charge in [0.25, 0.3) is 0 Å². The molecule has 2 N–H and O–H groups in total. The number of fused-ring (bicyclic) bond motifs is 2. The number of aromatic amines is 2. The van der Waals surface area contributed by atoms with Crippen LogP contribution in [-0.2, 0) is 6.54 Å². The predicted octanol–water partition coefficient (Wildman–Crippen LogP) is 4.16. The van der Waals surface area contributed by atoms with Crippen LogP contribution in [0.25, 0.3) is 44.6 Å². The Hall–Kier alpha value is -3.58. The summed E-state index contributed by atoms with van der Waals surface area (Å²) in [5, 5.41) is 8.67. The van der Waals surface area contributed by atoms with Crippen LogP contribution in [0, 0.1) is 0 Å². The van der Waals surface area contributed by atoms with Crippen molar-refractivity contribution in [3.05, 3.63) is 60.7 Å². The zero-order valence-corrected chi connectivity index (χ0v) is 16.5. The number of aromatic nitrogens is 6. The first-order valence-corrected chi connectivity index (χ1v) is 10.3. The third-order valence-corrected chi connectivity index (χ3v) is 5.78. The fourth-order valence-electron chi connectivity index (χ4n) is 4.26. The summed E-state index contributed by atoms with van der Waals surface area (Å²) in [5.41, 5.74) is 7.68. The molecule has 0 radical (unpaired) electrons. The molecule has 0 spiro atoms. The number of hydrogen-bond donors (Lipinski definition) is 2. The van der Waals surface area contributed by atoms with E-state index >= 15 is 0 Å². The van der Waals surface area contributed by atoms with Crippen LogP contribution in [0.1, 0.15) is 18.4 Å². The smallest absolute Gasteiger partial charge is 0.135 e. The number of H-pyrrole nitrogens is 2. The summed E-state index contributed by atoms with van der Waals surface area (Å²) in [6, 6.07) is 10.3. The van der Waals surface area contributed by atoms with Crippen molar-refractivity contribution in [1.29, 1.82) is 0 Å². The number of rotatable bonds is 4. The molecule has 0 aromatic carbocycles. The highest BCUT2D eigenvalue weighted by Gasteiger charge is 2.15. The van der Waals surface area contributed by atoms with Crippen molar-refractivity contribution in [3.63, 3.8) is 0 Å². The van der Waals surface area contributed by atoms with Crippen LogP contribution in [0.3, 0.4) is 0 Å². The summed E-state index contributed by atoms with van der Waals surface area (Å²) in [6.07, 6.45) is 10.1. The minimum Gasteiger partial charge on any atom is -0.353 e. The molecule has 7 nitrogen and oxygen atoms in total. The van der Waals surface area contributed by atoms with E-state index in [0.29, 0.717) is 0 Å². The van der Waals surface area contributed by atoms with Gasteiger partial charge >= 0.3 is 0 Å². The van der Waals surface area contributed by atoms with Crippen LogP contribution in [0.2, 0.25) is 0 Å². The Balaban J connectivity index is 1.39. The Morgan fingerprint density at radius 2 is 1.87 bits per heavy atom. The molecule has 6 heterocycles. The summed E-state index contributed by atoms with van der Waals surface area (Å²) in [5.74, 6) is 0. The Labute approximate surface area is 173 Å². The lowest BCUT2D eigenvalue weighted by Crippen LogP contribution is -2.18. The largest absolute Gasteiger partial charge is 0.353 e. The summed E-state index contributed by atoms with van der Waals surface area (Å²) >= 11 is 0. The second-order valence-corrected chi connectivity index (χ2v) is 7.88. The number of nitrogens with one attached hydrogen (secondary N) is 2. The summed E-state index contributed by atoms with van der Waals surface area (Å²) in [7, 11) is 0. The molecule has 0 unspecified atom stereocenters. The monoisotopic (exact) mass is 395 g/mol. The molecule has 1 aliphatic heterocycles. The number of likely N-dealkylation sites (tertiary alicyclic amines) is 1. The van der Waals surface area contributed by atoms with Gasteiger partial charge in [-0.1, -0.05) is 0 Å². The molecule has 0 atom stereocenters. The van der Waals surface area contributed by atoms with Gasteiger partial charge in [0.15, 0.2) is 0 Å². The van der Waals surface area contributed by atoms with Gasteiger partial charge < -0.3 is 4.98 Å². The third-order valence-electron chi connectivity index (χ3n) is 5.78. The Kier molecular flexibility index (Phi) is 4.06. The summed E-state index contributed by atoms with van der Waals surface area (Å²) in [6.45, 7) is 3.29. The molecule has 5 aromatic heterocycles. The van der Waals surface area contributed by atoms with Gasteiger partial charge in [-0.15, -0.1) is 0 Å². The second kappa shape index (κ2) is 7.03. The second-order valence-electron chi connectivity index (χ2n) is 7.88. The SMILES string of the molecule is c1cc2[nH]c(-c3n[nH]c4ccc(-c5cncc(CN6CCCC6)c5)nc34)cc2cn1. The predicted molar refractivity (Wildman–Crippen MR) is 117 cm³/mol. The van der Waals surface area contributed by atoms with Crippen molar-refractivity contribution in [1.82, 2.24) is 35.0 Å². The van der Waals surface area contributed by atoms with Crippen LogP contribution >= 0.6 is 0 Å². The van der Waals surface area contributed by atoms with Gasteiger partial charge in [-0.3, -0.25) is 20.0 Å².